The zero-order valence-electron chi connectivity index (χ0n) is 21.0. The van der Waals surface area contributed by atoms with E-state index in [9.17, 15) is 19.5 Å². The standard InChI is InChI=1S/C28H32N4O5/c1-3-32-17-24(30-28(36)37-18(2)20-7-5-4-6-8-20)25(31-32)21-12-14-22(15-13-21)26(33)29-23(27(34)35)16-11-19-9-10-19/h4-8,12-15,17-19,23H,3,9-11,16H2,1-2H3,(H,29,33)(H,30,36)(H,34,35). The summed E-state index contributed by atoms with van der Waals surface area (Å²) in [5.74, 6) is -0.881. The first-order valence-corrected chi connectivity index (χ1v) is 12.6. The van der Waals surface area contributed by atoms with E-state index >= 15 is 0 Å². The van der Waals surface area contributed by atoms with Gasteiger partial charge in [0, 0.05) is 23.9 Å². The molecule has 1 saturated carbocycles. The topological polar surface area (TPSA) is 123 Å². The molecule has 1 aliphatic carbocycles. The first kappa shape index (κ1) is 25.9. The Bertz CT molecular complexity index is 1240. The second kappa shape index (κ2) is 11.7. The van der Waals surface area contributed by atoms with Gasteiger partial charge in [-0.25, -0.2) is 9.59 Å². The lowest BCUT2D eigenvalue weighted by Crippen LogP contribution is -2.40. The molecular formula is C28H32N4O5. The molecule has 1 aliphatic rings. The molecule has 194 valence electrons. The van der Waals surface area contributed by atoms with Crippen molar-refractivity contribution in [2.75, 3.05) is 5.32 Å². The molecule has 0 spiro atoms. The maximum atomic E-state index is 12.7. The minimum Gasteiger partial charge on any atom is -0.480 e. The molecule has 3 aromatic rings. The predicted octanol–water partition coefficient (Wildman–Crippen LogP) is 5.25. The van der Waals surface area contributed by atoms with Crippen LogP contribution >= 0.6 is 0 Å². The minimum absolute atomic E-state index is 0.349. The number of amides is 2. The third kappa shape index (κ3) is 6.97. The molecule has 4 rings (SSSR count). The lowest BCUT2D eigenvalue weighted by molar-refractivity contribution is -0.139. The van der Waals surface area contributed by atoms with Gasteiger partial charge < -0.3 is 15.2 Å². The summed E-state index contributed by atoms with van der Waals surface area (Å²) in [6.07, 6.45) is 4.19. The summed E-state index contributed by atoms with van der Waals surface area (Å²) in [4.78, 5) is 36.9. The van der Waals surface area contributed by atoms with E-state index in [2.05, 4.69) is 15.7 Å². The summed E-state index contributed by atoms with van der Waals surface area (Å²) >= 11 is 0. The van der Waals surface area contributed by atoms with Crippen molar-refractivity contribution in [1.82, 2.24) is 15.1 Å². The summed E-state index contributed by atoms with van der Waals surface area (Å²) in [6, 6.07) is 15.2. The number of aryl methyl sites for hydroxylation is 1. The Morgan fingerprint density at radius 1 is 1.11 bits per heavy atom. The fourth-order valence-corrected chi connectivity index (χ4v) is 4.07. The van der Waals surface area contributed by atoms with Gasteiger partial charge >= 0.3 is 12.1 Å². The van der Waals surface area contributed by atoms with Crippen LogP contribution in [0.2, 0.25) is 0 Å². The van der Waals surface area contributed by atoms with Crippen molar-refractivity contribution < 1.29 is 24.2 Å². The highest BCUT2D eigenvalue weighted by Crippen LogP contribution is 2.34. The summed E-state index contributed by atoms with van der Waals surface area (Å²) in [7, 11) is 0. The molecule has 0 saturated heterocycles. The van der Waals surface area contributed by atoms with Crippen LogP contribution in [0.25, 0.3) is 11.3 Å². The highest BCUT2D eigenvalue weighted by atomic mass is 16.6. The molecule has 1 aromatic heterocycles. The summed E-state index contributed by atoms with van der Waals surface area (Å²) < 4.78 is 7.23. The quantitative estimate of drug-likeness (QED) is 0.328. The third-order valence-corrected chi connectivity index (χ3v) is 6.46. The second-order valence-corrected chi connectivity index (χ2v) is 9.29. The average molecular weight is 505 g/mol. The van der Waals surface area contributed by atoms with Crippen LogP contribution < -0.4 is 10.6 Å². The molecule has 9 heteroatoms. The molecule has 1 fully saturated rings. The number of ether oxygens (including phenoxy) is 1. The zero-order valence-corrected chi connectivity index (χ0v) is 21.0. The maximum Gasteiger partial charge on any atom is 0.412 e. The van der Waals surface area contributed by atoms with Gasteiger partial charge in [-0.3, -0.25) is 14.8 Å². The number of hydrogen-bond acceptors (Lipinski definition) is 5. The van der Waals surface area contributed by atoms with E-state index in [1.807, 2.05) is 37.3 Å². The molecule has 0 radical (unpaired) electrons. The Kier molecular flexibility index (Phi) is 8.22. The van der Waals surface area contributed by atoms with Crippen LogP contribution in [-0.2, 0) is 16.1 Å². The fourth-order valence-electron chi connectivity index (χ4n) is 4.07. The van der Waals surface area contributed by atoms with Crippen molar-refractivity contribution in [3.63, 3.8) is 0 Å². The fraction of sp³-hybridized carbons (Fsp3) is 0.357. The number of hydrogen-bond donors (Lipinski definition) is 3. The van der Waals surface area contributed by atoms with Gasteiger partial charge in [-0.05, 0) is 50.3 Å². The molecule has 3 N–H and O–H groups in total. The number of nitrogens with zero attached hydrogens (tertiary/aromatic N) is 2. The summed E-state index contributed by atoms with van der Waals surface area (Å²) in [6.45, 7) is 4.34. The van der Waals surface area contributed by atoms with E-state index in [0.717, 1.165) is 24.8 Å². The number of carboxylic acid groups (broad SMARTS) is 1. The Balaban J connectivity index is 1.43. The molecule has 9 nitrogen and oxygen atoms in total. The third-order valence-electron chi connectivity index (χ3n) is 6.46. The number of rotatable bonds is 11. The van der Waals surface area contributed by atoms with Crippen LogP contribution in [0.5, 0.6) is 0 Å². The van der Waals surface area contributed by atoms with Gasteiger partial charge in [0.25, 0.3) is 5.91 Å². The smallest absolute Gasteiger partial charge is 0.412 e. The molecule has 0 aliphatic heterocycles. The second-order valence-electron chi connectivity index (χ2n) is 9.29. The van der Waals surface area contributed by atoms with Crippen molar-refractivity contribution in [2.24, 2.45) is 5.92 Å². The molecule has 37 heavy (non-hydrogen) atoms. The van der Waals surface area contributed by atoms with Crippen molar-refractivity contribution in [3.05, 3.63) is 71.9 Å². The van der Waals surface area contributed by atoms with Gasteiger partial charge in [0.2, 0.25) is 0 Å². The van der Waals surface area contributed by atoms with E-state index in [4.69, 9.17) is 4.74 Å². The van der Waals surface area contributed by atoms with Crippen LogP contribution in [0.4, 0.5) is 10.5 Å². The molecular weight excluding hydrogens is 472 g/mol. The van der Waals surface area contributed by atoms with Gasteiger partial charge in [-0.15, -0.1) is 0 Å². The maximum absolute atomic E-state index is 12.7. The van der Waals surface area contributed by atoms with Gasteiger partial charge in [-0.1, -0.05) is 55.3 Å². The molecule has 0 bridgehead atoms. The molecule has 2 amide bonds. The SMILES string of the molecule is CCn1cc(NC(=O)OC(C)c2ccccc2)c(-c2ccc(C(=O)NC(CCC3CC3)C(=O)O)cc2)n1. The van der Waals surface area contributed by atoms with Crippen LogP contribution in [0.3, 0.4) is 0 Å². The van der Waals surface area contributed by atoms with Crippen molar-refractivity contribution in [3.8, 4) is 11.3 Å². The molecule has 2 atom stereocenters. The zero-order chi connectivity index (χ0) is 26.4. The van der Waals surface area contributed by atoms with E-state index in [-0.39, 0.29) is 0 Å². The lowest BCUT2D eigenvalue weighted by atomic mass is 10.1. The first-order chi connectivity index (χ1) is 17.8. The number of aliphatic carboxylic acids is 1. The lowest BCUT2D eigenvalue weighted by Gasteiger charge is -2.15. The monoisotopic (exact) mass is 504 g/mol. The Morgan fingerprint density at radius 3 is 2.43 bits per heavy atom. The van der Waals surface area contributed by atoms with E-state index < -0.39 is 30.1 Å². The Morgan fingerprint density at radius 2 is 1.81 bits per heavy atom. The van der Waals surface area contributed by atoms with Gasteiger partial charge in [0.15, 0.2) is 0 Å². The van der Waals surface area contributed by atoms with Crippen molar-refractivity contribution in [2.45, 2.75) is 58.2 Å². The number of anilines is 1. The van der Waals surface area contributed by atoms with Gasteiger partial charge in [0.1, 0.15) is 17.8 Å². The van der Waals surface area contributed by atoms with E-state index in [1.165, 1.54) is 0 Å². The normalized spacial score (nSPS) is 14.4. The predicted molar refractivity (Wildman–Crippen MR) is 139 cm³/mol. The van der Waals surface area contributed by atoms with Crippen LogP contribution in [-0.4, -0.2) is 38.9 Å². The van der Waals surface area contributed by atoms with Gasteiger partial charge in [-0.2, -0.15) is 5.10 Å². The average Bonchev–Trinajstić information content (AvgIpc) is 3.65. The summed E-state index contributed by atoms with van der Waals surface area (Å²) in [5, 5.41) is 19.4. The number of aromatic nitrogens is 2. The summed E-state index contributed by atoms with van der Waals surface area (Å²) in [5.41, 5.74) is 2.94. The largest absolute Gasteiger partial charge is 0.480 e. The molecule has 2 unspecified atom stereocenters. The van der Waals surface area contributed by atoms with Crippen LogP contribution in [0.15, 0.2) is 60.8 Å². The first-order valence-electron chi connectivity index (χ1n) is 12.6. The highest BCUT2D eigenvalue weighted by molar-refractivity contribution is 5.97. The minimum atomic E-state index is -1.03. The number of carbonyl (C=O) groups excluding carboxylic acids is 2. The number of carbonyl (C=O) groups is 3. The Hall–Kier alpha value is -4.14. The number of carboxylic acids is 1. The number of benzene rings is 2. The van der Waals surface area contributed by atoms with Crippen LogP contribution in [0.1, 0.15) is 61.6 Å². The molecule has 1 heterocycles. The highest BCUT2D eigenvalue weighted by Gasteiger charge is 2.26. The van der Waals surface area contributed by atoms with Crippen molar-refractivity contribution in [1.29, 1.82) is 0 Å². The molecule has 2 aromatic carbocycles. The van der Waals surface area contributed by atoms with E-state index in [0.29, 0.717) is 41.4 Å². The van der Waals surface area contributed by atoms with Crippen LogP contribution in [0, 0.1) is 5.92 Å². The van der Waals surface area contributed by atoms with E-state index in [1.54, 1.807) is 42.1 Å². The Labute approximate surface area is 215 Å². The van der Waals surface area contributed by atoms with Gasteiger partial charge in [0.05, 0.1) is 5.69 Å². The number of nitrogens with one attached hydrogen (secondary N) is 2. The van der Waals surface area contributed by atoms with Crippen molar-refractivity contribution >= 4 is 23.7 Å².